The highest BCUT2D eigenvalue weighted by Gasteiger charge is 2.40. The first-order valence-corrected chi connectivity index (χ1v) is 50.6. The predicted molar refractivity (Wildman–Crippen MR) is 602 cm³/mol. The van der Waals surface area contributed by atoms with Crippen LogP contribution in [0.5, 0.6) is 11.5 Å². The Balaban J connectivity index is 0.000000143. The molecule has 4 heterocycles. The number of anilines is 5. The van der Waals surface area contributed by atoms with Gasteiger partial charge in [0.05, 0.1) is 67.6 Å². The molecule has 0 spiro atoms. The van der Waals surface area contributed by atoms with E-state index in [1.54, 1.807) is 134 Å². The zero-order valence-electron chi connectivity index (χ0n) is 85.6. The molecule has 11 aromatic carbocycles. The molecule has 750 valence electrons. The molecule has 0 bridgehead atoms. The number of hydrogen-bond acceptors (Lipinski definition) is 22. The highest BCUT2D eigenvalue weighted by molar-refractivity contribution is 8.07. The first kappa shape index (κ1) is 105. The van der Waals surface area contributed by atoms with Gasteiger partial charge in [-0.2, -0.15) is 10.5 Å². The van der Waals surface area contributed by atoms with Crippen molar-refractivity contribution in [2.45, 2.75) is 54.4 Å². The average molecular weight is 2000 g/mol. The maximum Gasteiger partial charge on any atom is 0.198 e. The van der Waals surface area contributed by atoms with Gasteiger partial charge in [-0.15, -0.1) is 0 Å². The number of aliphatic hydroxyl groups is 2. The Hall–Kier alpha value is -17.7. The molecular formula is C128H114N8O13S. The maximum absolute atomic E-state index is 13.4. The van der Waals surface area contributed by atoms with Gasteiger partial charge in [-0.25, -0.2) is 0 Å². The van der Waals surface area contributed by atoms with Gasteiger partial charge in [0, 0.05) is 191 Å². The van der Waals surface area contributed by atoms with Crippen LogP contribution in [0.4, 0.5) is 28.4 Å². The summed E-state index contributed by atoms with van der Waals surface area (Å²) in [4.78, 5) is 120. The van der Waals surface area contributed by atoms with Crippen molar-refractivity contribution in [1.82, 2.24) is 4.90 Å². The van der Waals surface area contributed by atoms with E-state index in [-0.39, 0.29) is 81.8 Å². The number of nitrogens with zero attached hydrogens (tertiary/aromatic N) is 8. The quantitative estimate of drug-likeness (QED) is 0.0358. The summed E-state index contributed by atoms with van der Waals surface area (Å²) in [6, 6.07) is 80.3. The molecule has 0 unspecified atom stereocenters. The van der Waals surface area contributed by atoms with Crippen LogP contribution >= 0.6 is 11.8 Å². The molecule has 150 heavy (non-hydrogen) atoms. The van der Waals surface area contributed by atoms with E-state index in [0.717, 1.165) is 119 Å². The number of nitriles is 2. The van der Waals surface area contributed by atoms with Crippen molar-refractivity contribution in [1.29, 1.82) is 10.5 Å². The van der Waals surface area contributed by atoms with Crippen LogP contribution in [0.25, 0.3) is 46.7 Å². The lowest BCUT2D eigenvalue weighted by Crippen LogP contribution is -2.29. The number of allylic oxidation sites excluding steroid dienone is 22. The molecule has 21 nitrogen and oxygen atoms in total. The van der Waals surface area contributed by atoms with Crippen molar-refractivity contribution in [3.63, 3.8) is 0 Å². The Morgan fingerprint density at radius 1 is 0.373 bits per heavy atom. The molecule has 0 saturated carbocycles. The summed E-state index contributed by atoms with van der Waals surface area (Å²) in [7, 11) is 9.69. The number of ether oxygens (including phenoxy) is 3. The fourth-order valence-corrected chi connectivity index (χ4v) is 20.0. The van der Waals surface area contributed by atoms with Crippen LogP contribution < -0.4 is 34.0 Å². The van der Waals surface area contributed by atoms with E-state index < -0.39 is 0 Å². The molecule has 19 rings (SSSR count). The number of likely N-dealkylation sites (N-methyl/N-ethyl adjacent to an activating group) is 1. The summed E-state index contributed by atoms with van der Waals surface area (Å²) < 4.78 is 18.0. The Labute approximate surface area is 879 Å². The first-order chi connectivity index (χ1) is 72.7. The van der Waals surface area contributed by atoms with E-state index in [1.807, 2.05) is 276 Å². The van der Waals surface area contributed by atoms with Gasteiger partial charge in [-0.1, -0.05) is 218 Å². The number of para-hydroxylation sites is 1. The standard InChI is InChI=1S/C36H25N3O3.C34H30N2O3.C30H32N2O4.C28H27NO3S/c37-19-7-21-39(22-8-20-38)32-18-16-24(26-9-1-2-10-27(26)32)15-17-25-23-31(28-11-5-6-14-33(28)42-25)34-35(40)29-12-3-4-13-30(29)36(34)41;1-35(2)26-15-9-23(10-16-26)13-19-28-21-25(32-33(37)30-7-5-6-8-31(30)34(32)38)22-29(39-28)20-14-24-11-17-27(18-12-24)36(3)4;1-4-32-21(3)18-23(28-29(35)26-7-5-6-8-27(26)30(28)36)19-25(32)12-10-22-9-11-24(17-20(22)2)31(13-15-33)14-16-34;1-5-29(6-2)21-13-11-19(25(17-21)32-4)12-14-22-16-20(15-18(3)33-22)26-27(30)23-9-7-8-10-24(23)28(26)31/h1-6,9-18,23H,7-8,21-22H2;5-22H,1-4H3;5-12,17-19,33-34H,4,13-16H2,1-3H3;7-17H,5-6H2,1-4H3. The molecule has 0 amide bonds. The minimum absolute atomic E-state index is 0.0164. The number of ketones is 8. The molecule has 4 aliphatic carbocycles. The minimum Gasteiger partial charge on any atom is -0.496 e. The molecule has 4 aliphatic heterocycles. The number of benzene rings is 11. The molecule has 0 fully saturated rings. The Bertz CT molecular complexity index is 7660. The van der Waals surface area contributed by atoms with Gasteiger partial charge < -0.3 is 53.8 Å². The number of hydrogen-bond donors (Lipinski definition) is 2. The minimum atomic E-state index is -0.277. The molecule has 8 aliphatic rings. The number of aliphatic hydroxyl groups excluding tert-OH is 2. The highest BCUT2D eigenvalue weighted by Crippen LogP contribution is 2.45. The first-order valence-electron chi connectivity index (χ1n) is 49.8. The van der Waals surface area contributed by atoms with Crippen LogP contribution in [0.3, 0.4) is 0 Å². The van der Waals surface area contributed by atoms with Crippen LogP contribution in [0, 0.1) is 29.6 Å². The van der Waals surface area contributed by atoms with E-state index in [9.17, 15) is 48.6 Å². The van der Waals surface area contributed by atoms with Crippen LogP contribution in [0.1, 0.15) is 169 Å². The number of rotatable bonds is 27. The monoisotopic (exact) mass is 2000 g/mol. The fraction of sp³-hybridized carbons (Fsp3) is 0.172. The van der Waals surface area contributed by atoms with Gasteiger partial charge in [0.1, 0.15) is 28.8 Å². The summed E-state index contributed by atoms with van der Waals surface area (Å²) in [5, 5.41) is 39.0. The lowest BCUT2D eigenvalue weighted by atomic mass is 9.93. The number of thioether (sulfide) groups is 1. The summed E-state index contributed by atoms with van der Waals surface area (Å²) in [6.07, 6.45) is 33.1. The van der Waals surface area contributed by atoms with Crippen molar-refractivity contribution in [2.24, 2.45) is 0 Å². The van der Waals surface area contributed by atoms with Crippen molar-refractivity contribution in [3.8, 4) is 23.6 Å². The molecule has 0 atom stereocenters. The molecule has 0 aromatic heterocycles. The number of Topliss-reactive ketones (excluding diaryl/α,β-unsaturated/α-hetero) is 8. The third-order valence-electron chi connectivity index (χ3n) is 26.8. The lowest BCUT2D eigenvalue weighted by Gasteiger charge is -2.29. The van der Waals surface area contributed by atoms with Gasteiger partial charge >= 0.3 is 0 Å². The number of methoxy groups -OCH3 is 1. The number of carbonyl (C=O) groups excluding carboxylic acids is 8. The Kier molecular flexibility index (Phi) is 33.7. The summed E-state index contributed by atoms with van der Waals surface area (Å²) in [6.45, 7) is 17.0. The largest absolute Gasteiger partial charge is 0.496 e. The lowest BCUT2D eigenvalue weighted by molar-refractivity contribution is 0.0972. The highest BCUT2D eigenvalue weighted by atomic mass is 32.2. The summed E-state index contributed by atoms with van der Waals surface area (Å²) in [5.41, 5.74) is 20.7. The number of carbonyl (C=O) groups is 8. The van der Waals surface area contributed by atoms with Crippen molar-refractivity contribution in [3.05, 3.63) is 477 Å². The molecule has 0 radical (unpaired) electrons. The van der Waals surface area contributed by atoms with Crippen LogP contribution in [0.15, 0.2) is 393 Å². The Morgan fingerprint density at radius 3 is 1.24 bits per heavy atom. The molecule has 2 N–H and O–H groups in total. The molecule has 0 saturated heterocycles. The molecule has 22 heteroatoms. The Morgan fingerprint density at radius 2 is 0.780 bits per heavy atom. The maximum atomic E-state index is 13.4. The smallest absolute Gasteiger partial charge is 0.198 e. The summed E-state index contributed by atoms with van der Waals surface area (Å²) >= 11 is 1.61. The van der Waals surface area contributed by atoms with E-state index in [4.69, 9.17) is 24.7 Å². The van der Waals surface area contributed by atoms with Gasteiger partial charge in [-0.3, -0.25) is 38.4 Å². The van der Waals surface area contributed by atoms with Crippen LogP contribution in [-0.4, -0.2) is 156 Å². The van der Waals surface area contributed by atoms with Gasteiger partial charge in [0.15, 0.2) is 46.3 Å². The average Bonchev–Trinajstić information content (AvgIpc) is 1.62. The van der Waals surface area contributed by atoms with Crippen molar-refractivity contribution >= 4 is 133 Å². The van der Waals surface area contributed by atoms with Gasteiger partial charge in [0.2, 0.25) is 0 Å². The second-order valence-electron chi connectivity index (χ2n) is 36.7. The second kappa shape index (κ2) is 48.1. The van der Waals surface area contributed by atoms with Gasteiger partial charge in [0.25, 0.3) is 0 Å². The normalized spacial score (nSPS) is 14.9. The third-order valence-corrected chi connectivity index (χ3v) is 27.7. The fourth-order valence-electron chi connectivity index (χ4n) is 19.1. The number of aryl methyl sites for hydroxylation is 1. The van der Waals surface area contributed by atoms with Crippen molar-refractivity contribution < 1.29 is 62.8 Å². The summed E-state index contributed by atoms with van der Waals surface area (Å²) in [5.74, 6) is 1.05. The molecular weight excluding hydrogens is 1890 g/mol. The van der Waals surface area contributed by atoms with E-state index in [1.165, 1.54) is 0 Å². The zero-order valence-corrected chi connectivity index (χ0v) is 86.4. The van der Waals surface area contributed by atoms with E-state index in [2.05, 4.69) is 65.8 Å². The van der Waals surface area contributed by atoms with E-state index >= 15 is 0 Å². The van der Waals surface area contributed by atoms with Crippen molar-refractivity contribution in [2.75, 3.05) is 119 Å². The third kappa shape index (κ3) is 23.2. The zero-order chi connectivity index (χ0) is 106. The number of fused-ring (bicyclic) bond motifs is 6. The van der Waals surface area contributed by atoms with Crippen LogP contribution in [-0.2, 0) is 4.74 Å². The van der Waals surface area contributed by atoms with Crippen LogP contribution in [0.2, 0.25) is 0 Å². The second-order valence-corrected chi connectivity index (χ2v) is 38.0. The van der Waals surface area contributed by atoms with Gasteiger partial charge in [-0.05, 0) is 230 Å². The molecule has 11 aromatic rings. The SMILES string of the molecule is CCN(CC)c1ccc(C=CC2=CC(=C3C(=O)c4ccccc4C3=O)C=C(C)S2)c(OC)c1.CCN1C(C)=CC(=C2C(=O)c3ccccc3C2=O)C=C1C=Cc1ccc(N(CCO)CCO)cc1C.CN(C)c1ccc(C=CC2=CC(=C3C(=O)c4ccccc4C3=O)C=C(C=Cc3ccc(N(C)C)cc3)O2)cc1.N#CCCN(CCC#N)c1ccc(C=CC2=CC(=C3C(=O)c4ccccc4C3=O)c3ccccc3O2)c2ccccc12. The van der Waals surface area contributed by atoms with E-state index in [0.29, 0.717) is 134 Å². The topological polar surface area (TPSA) is 272 Å². The predicted octanol–water partition coefficient (Wildman–Crippen LogP) is 24.8.